The number of benzene rings is 1. The first kappa shape index (κ1) is 12.0. The normalized spacial score (nSPS) is 13.9. The first-order valence-electron chi connectivity index (χ1n) is 4.12. The molecule has 0 heterocycles. The van der Waals surface area contributed by atoms with E-state index in [0.717, 1.165) is 12.1 Å². The lowest BCUT2D eigenvalue weighted by molar-refractivity contribution is -0.137. The van der Waals surface area contributed by atoms with Crippen LogP contribution in [0.5, 0.6) is 0 Å². The average Bonchev–Trinajstić information content (AvgIpc) is 2.17. The van der Waals surface area contributed by atoms with E-state index in [-0.39, 0.29) is 12.2 Å². The summed E-state index contributed by atoms with van der Waals surface area (Å²) >= 11 is 0. The van der Waals surface area contributed by atoms with Gasteiger partial charge >= 0.3 is 6.18 Å². The highest BCUT2D eigenvalue weighted by Gasteiger charge is 2.30. The highest BCUT2D eigenvalue weighted by atomic mass is 19.4. The minimum Gasteiger partial charge on any atom is -0.386 e. The molecule has 0 aliphatic rings. The SMILES string of the molecule is NOCC(O)c1cccc(C(F)(F)F)c1. The molecule has 0 aromatic heterocycles. The number of nitrogens with two attached hydrogens (primary N) is 1. The fourth-order valence-corrected chi connectivity index (χ4v) is 1.11. The summed E-state index contributed by atoms with van der Waals surface area (Å²) in [4.78, 5) is 4.15. The maximum Gasteiger partial charge on any atom is 0.416 e. The summed E-state index contributed by atoms with van der Waals surface area (Å²) in [5, 5.41) is 9.34. The van der Waals surface area contributed by atoms with Gasteiger partial charge in [-0.3, -0.25) is 0 Å². The third-order valence-electron chi connectivity index (χ3n) is 1.85. The van der Waals surface area contributed by atoms with Gasteiger partial charge in [0.1, 0.15) is 6.10 Å². The predicted molar refractivity (Wildman–Crippen MR) is 46.5 cm³/mol. The minimum atomic E-state index is -4.42. The Bertz CT molecular complexity index is 327. The monoisotopic (exact) mass is 221 g/mol. The van der Waals surface area contributed by atoms with E-state index in [2.05, 4.69) is 4.84 Å². The van der Waals surface area contributed by atoms with Crippen LogP contribution in [0.2, 0.25) is 0 Å². The van der Waals surface area contributed by atoms with Crippen molar-refractivity contribution in [2.45, 2.75) is 12.3 Å². The number of aliphatic hydroxyl groups excluding tert-OH is 1. The molecule has 1 atom stereocenters. The molecule has 1 unspecified atom stereocenters. The molecule has 0 saturated carbocycles. The van der Waals surface area contributed by atoms with Crippen LogP contribution in [-0.4, -0.2) is 11.7 Å². The molecular weight excluding hydrogens is 211 g/mol. The molecule has 3 N–H and O–H groups in total. The van der Waals surface area contributed by atoms with E-state index in [1.807, 2.05) is 0 Å². The number of aliphatic hydroxyl groups is 1. The predicted octanol–water partition coefficient (Wildman–Crippen LogP) is 1.63. The van der Waals surface area contributed by atoms with Gasteiger partial charge in [0, 0.05) is 0 Å². The Balaban J connectivity index is 2.92. The highest BCUT2D eigenvalue weighted by Crippen LogP contribution is 2.30. The summed E-state index contributed by atoms with van der Waals surface area (Å²) in [7, 11) is 0. The summed E-state index contributed by atoms with van der Waals surface area (Å²) in [5.41, 5.74) is -0.689. The van der Waals surface area contributed by atoms with Crippen molar-refractivity contribution >= 4 is 0 Å². The van der Waals surface area contributed by atoms with E-state index in [1.165, 1.54) is 12.1 Å². The second-order valence-corrected chi connectivity index (χ2v) is 2.97. The molecule has 6 heteroatoms. The van der Waals surface area contributed by atoms with Gasteiger partial charge < -0.3 is 9.94 Å². The van der Waals surface area contributed by atoms with E-state index in [1.54, 1.807) is 0 Å². The van der Waals surface area contributed by atoms with Crippen LogP contribution in [0.15, 0.2) is 24.3 Å². The van der Waals surface area contributed by atoms with Crippen molar-refractivity contribution in [3.63, 3.8) is 0 Å². The van der Waals surface area contributed by atoms with Crippen molar-refractivity contribution in [3.05, 3.63) is 35.4 Å². The van der Waals surface area contributed by atoms with Crippen molar-refractivity contribution in [2.24, 2.45) is 5.90 Å². The van der Waals surface area contributed by atoms with Crippen molar-refractivity contribution in [3.8, 4) is 0 Å². The molecule has 0 spiro atoms. The summed E-state index contributed by atoms with van der Waals surface area (Å²) in [6, 6.07) is 4.39. The van der Waals surface area contributed by atoms with Crippen LogP contribution in [0.4, 0.5) is 13.2 Å². The zero-order valence-electron chi connectivity index (χ0n) is 7.66. The number of alkyl halides is 3. The lowest BCUT2D eigenvalue weighted by Gasteiger charge is -2.12. The maximum absolute atomic E-state index is 12.3. The Kier molecular flexibility index (Phi) is 3.67. The first-order chi connectivity index (χ1) is 6.95. The topological polar surface area (TPSA) is 55.5 Å². The summed E-state index contributed by atoms with van der Waals surface area (Å²) in [5.74, 6) is 4.71. The van der Waals surface area contributed by atoms with Gasteiger partial charge in [0.15, 0.2) is 0 Å². The van der Waals surface area contributed by atoms with E-state index in [9.17, 15) is 18.3 Å². The van der Waals surface area contributed by atoms with Gasteiger partial charge in [0.25, 0.3) is 0 Å². The van der Waals surface area contributed by atoms with E-state index >= 15 is 0 Å². The Morgan fingerprint density at radius 3 is 2.60 bits per heavy atom. The Labute approximate surface area is 84.2 Å². The largest absolute Gasteiger partial charge is 0.416 e. The van der Waals surface area contributed by atoms with Crippen LogP contribution >= 0.6 is 0 Å². The second-order valence-electron chi connectivity index (χ2n) is 2.97. The second kappa shape index (κ2) is 4.61. The highest BCUT2D eigenvalue weighted by molar-refractivity contribution is 5.27. The molecule has 0 aliphatic carbocycles. The van der Waals surface area contributed by atoms with Crippen LogP contribution in [0.1, 0.15) is 17.2 Å². The summed E-state index contributed by atoms with van der Waals surface area (Å²) in [6.07, 6.45) is -5.57. The fraction of sp³-hybridized carbons (Fsp3) is 0.333. The molecule has 0 saturated heterocycles. The van der Waals surface area contributed by atoms with Gasteiger partial charge in [-0.2, -0.15) is 13.2 Å². The molecule has 0 amide bonds. The van der Waals surface area contributed by atoms with Gasteiger partial charge in [-0.15, -0.1) is 0 Å². The Morgan fingerprint density at radius 2 is 2.07 bits per heavy atom. The van der Waals surface area contributed by atoms with Crippen LogP contribution < -0.4 is 5.90 Å². The van der Waals surface area contributed by atoms with Crippen LogP contribution in [0.25, 0.3) is 0 Å². The molecule has 0 radical (unpaired) electrons. The maximum atomic E-state index is 12.3. The third-order valence-corrected chi connectivity index (χ3v) is 1.85. The molecule has 15 heavy (non-hydrogen) atoms. The summed E-state index contributed by atoms with van der Waals surface area (Å²) < 4.78 is 36.8. The van der Waals surface area contributed by atoms with Crippen molar-refractivity contribution in [1.29, 1.82) is 0 Å². The molecule has 84 valence electrons. The number of hydrogen-bond donors (Lipinski definition) is 2. The van der Waals surface area contributed by atoms with Gasteiger partial charge in [-0.25, -0.2) is 5.90 Å². The Hall–Kier alpha value is -1.11. The fourth-order valence-electron chi connectivity index (χ4n) is 1.11. The average molecular weight is 221 g/mol. The Morgan fingerprint density at radius 1 is 1.40 bits per heavy atom. The van der Waals surface area contributed by atoms with Gasteiger partial charge in [-0.1, -0.05) is 12.1 Å². The minimum absolute atomic E-state index is 0.121. The third kappa shape index (κ3) is 3.19. The van der Waals surface area contributed by atoms with E-state index in [0.29, 0.717) is 0 Å². The van der Waals surface area contributed by atoms with Gasteiger partial charge in [0.05, 0.1) is 12.2 Å². The van der Waals surface area contributed by atoms with Crippen molar-refractivity contribution in [1.82, 2.24) is 0 Å². The quantitative estimate of drug-likeness (QED) is 0.762. The number of rotatable bonds is 3. The van der Waals surface area contributed by atoms with Crippen molar-refractivity contribution < 1.29 is 23.1 Å². The van der Waals surface area contributed by atoms with E-state index in [4.69, 9.17) is 5.90 Å². The van der Waals surface area contributed by atoms with Crippen LogP contribution in [0, 0.1) is 0 Å². The van der Waals surface area contributed by atoms with E-state index < -0.39 is 17.8 Å². The molecule has 1 aromatic rings. The lowest BCUT2D eigenvalue weighted by atomic mass is 10.1. The zero-order valence-corrected chi connectivity index (χ0v) is 7.66. The molecule has 1 aromatic carbocycles. The number of halogens is 3. The molecular formula is C9H10F3NO2. The van der Waals surface area contributed by atoms with Crippen molar-refractivity contribution in [2.75, 3.05) is 6.61 Å². The standard InChI is InChI=1S/C9H10F3NO2/c10-9(11,12)7-3-1-2-6(4-7)8(14)5-15-13/h1-4,8,14H,5,13H2. The van der Waals surface area contributed by atoms with Crippen LogP contribution in [-0.2, 0) is 11.0 Å². The van der Waals surface area contributed by atoms with Gasteiger partial charge in [0.2, 0.25) is 0 Å². The lowest BCUT2D eigenvalue weighted by Crippen LogP contribution is -2.12. The molecule has 3 nitrogen and oxygen atoms in total. The zero-order chi connectivity index (χ0) is 11.5. The smallest absolute Gasteiger partial charge is 0.386 e. The molecule has 0 aliphatic heterocycles. The molecule has 1 rings (SSSR count). The van der Waals surface area contributed by atoms with Gasteiger partial charge in [-0.05, 0) is 17.7 Å². The molecule has 0 bridgehead atoms. The summed E-state index contributed by atoms with van der Waals surface area (Å²) in [6.45, 7) is -0.249. The molecule has 0 fully saturated rings. The van der Waals surface area contributed by atoms with Crippen LogP contribution in [0.3, 0.4) is 0 Å². The number of hydrogen-bond acceptors (Lipinski definition) is 3. The first-order valence-corrected chi connectivity index (χ1v) is 4.12.